The molecule has 1 amide bonds. The third-order valence-electron chi connectivity index (χ3n) is 3.53. The largest absolute Gasteiger partial charge is 0.480 e. The molecule has 17 heavy (non-hydrogen) atoms. The smallest absolute Gasteiger partial charge is 0.326 e. The summed E-state index contributed by atoms with van der Waals surface area (Å²) in [6.07, 6.45) is 2.78. The molecule has 5 nitrogen and oxygen atoms in total. The minimum atomic E-state index is -0.976. The summed E-state index contributed by atoms with van der Waals surface area (Å²) >= 11 is 0. The van der Waals surface area contributed by atoms with Gasteiger partial charge in [0.15, 0.2) is 0 Å². The normalized spacial score (nSPS) is 25.9. The third-order valence-corrected chi connectivity index (χ3v) is 3.53. The van der Waals surface area contributed by atoms with Crippen molar-refractivity contribution in [2.45, 2.75) is 39.2 Å². The highest BCUT2D eigenvalue weighted by atomic mass is 16.4. The molecule has 0 radical (unpaired) electrons. The molecule has 1 fully saturated rings. The maximum absolute atomic E-state index is 12.0. The van der Waals surface area contributed by atoms with Crippen LogP contribution in [0, 0.1) is 17.8 Å². The Kier molecular flexibility index (Phi) is 4.93. The SMILES string of the molecule is CC(C)C(NC(=O)C1CCCC1CN)C(=O)O. The highest BCUT2D eigenvalue weighted by molar-refractivity contribution is 5.85. The van der Waals surface area contributed by atoms with E-state index in [2.05, 4.69) is 5.32 Å². The van der Waals surface area contributed by atoms with Crippen LogP contribution in [-0.2, 0) is 9.59 Å². The lowest BCUT2D eigenvalue weighted by Crippen LogP contribution is -2.47. The number of hydrogen-bond donors (Lipinski definition) is 3. The monoisotopic (exact) mass is 242 g/mol. The Bertz CT molecular complexity index is 291. The van der Waals surface area contributed by atoms with E-state index in [-0.39, 0.29) is 23.7 Å². The van der Waals surface area contributed by atoms with Gasteiger partial charge in [-0.2, -0.15) is 0 Å². The molecule has 0 spiro atoms. The summed E-state index contributed by atoms with van der Waals surface area (Å²) in [7, 11) is 0. The molecule has 5 heteroatoms. The predicted molar refractivity (Wildman–Crippen MR) is 64.3 cm³/mol. The van der Waals surface area contributed by atoms with Crippen molar-refractivity contribution in [1.82, 2.24) is 5.32 Å². The third kappa shape index (κ3) is 3.43. The summed E-state index contributed by atoms with van der Waals surface area (Å²) in [5.41, 5.74) is 5.62. The first-order valence-electron chi connectivity index (χ1n) is 6.20. The number of amides is 1. The van der Waals surface area contributed by atoms with Crippen LogP contribution in [0.5, 0.6) is 0 Å². The lowest BCUT2D eigenvalue weighted by Gasteiger charge is -2.22. The number of carboxylic acids is 1. The Balaban J connectivity index is 2.61. The molecule has 3 unspecified atom stereocenters. The first-order valence-corrected chi connectivity index (χ1v) is 6.20. The van der Waals surface area contributed by atoms with Crippen molar-refractivity contribution in [3.63, 3.8) is 0 Å². The van der Waals surface area contributed by atoms with E-state index in [9.17, 15) is 9.59 Å². The maximum Gasteiger partial charge on any atom is 0.326 e. The van der Waals surface area contributed by atoms with Crippen LogP contribution in [-0.4, -0.2) is 29.6 Å². The number of carbonyl (C=O) groups is 2. The summed E-state index contributed by atoms with van der Waals surface area (Å²) in [6.45, 7) is 4.07. The first kappa shape index (κ1) is 14.0. The quantitative estimate of drug-likeness (QED) is 0.657. The predicted octanol–water partition coefficient (Wildman–Crippen LogP) is 0.587. The van der Waals surface area contributed by atoms with Crippen LogP contribution >= 0.6 is 0 Å². The fourth-order valence-corrected chi connectivity index (χ4v) is 2.44. The molecule has 3 atom stereocenters. The van der Waals surface area contributed by atoms with Crippen molar-refractivity contribution in [2.24, 2.45) is 23.5 Å². The molecule has 4 N–H and O–H groups in total. The van der Waals surface area contributed by atoms with Gasteiger partial charge < -0.3 is 16.2 Å². The number of carbonyl (C=O) groups excluding carboxylic acids is 1. The molecule has 0 aromatic rings. The Morgan fingerprint density at radius 1 is 1.41 bits per heavy atom. The van der Waals surface area contributed by atoms with Gasteiger partial charge in [-0.05, 0) is 31.2 Å². The number of nitrogens with two attached hydrogens (primary N) is 1. The van der Waals surface area contributed by atoms with Crippen molar-refractivity contribution in [3.8, 4) is 0 Å². The van der Waals surface area contributed by atoms with E-state index < -0.39 is 12.0 Å². The van der Waals surface area contributed by atoms with E-state index >= 15 is 0 Å². The summed E-state index contributed by atoms with van der Waals surface area (Å²) in [5.74, 6) is -1.15. The summed E-state index contributed by atoms with van der Waals surface area (Å²) in [5, 5.41) is 11.6. The van der Waals surface area contributed by atoms with E-state index in [4.69, 9.17) is 10.8 Å². The van der Waals surface area contributed by atoms with E-state index in [1.807, 2.05) is 0 Å². The average molecular weight is 242 g/mol. The van der Waals surface area contributed by atoms with Gasteiger partial charge in [0.05, 0.1) is 0 Å². The highest BCUT2D eigenvalue weighted by Gasteiger charge is 2.34. The van der Waals surface area contributed by atoms with E-state index in [1.165, 1.54) is 0 Å². The van der Waals surface area contributed by atoms with Gasteiger partial charge in [0.1, 0.15) is 6.04 Å². The molecule has 1 aliphatic rings. The van der Waals surface area contributed by atoms with Crippen LogP contribution in [0.1, 0.15) is 33.1 Å². The zero-order valence-corrected chi connectivity index (χ0v) is 10.5. The number of rotatable bonds is 5. The summed E-state index contributed by atoms with van der Waals surface area (Å²) in [4.78, 5) is 23.0. The van der Waals surface area contributed by atoms with E-state index in [0.717, 1.165) is 19.3 Å². The first-order chi connectivity index (χ1) is 7.97. The Hall–Kier alpha value is -1.10. The van der Waals surface area contributed by atoms with Crippen LogP contribution in [0.25, 0.3) is 0 Å². The molecule has 0 aromatic carbocycles. The molecule has 0 aliphatic heterocycles. The van der Waals surface area contributed by atoms with Crippen LogP contribution in [0.2, 0.25) is 0 Å². The van der Waals surface area contributed by atoms with Gasteiger partial charge in [-0.3, -0.25) is 4.79 Å². The zero-order valence-electron chi connectivity index (χ0n) is 10.5. The van der Waals surface area contributed by atoms with Crippen molar-refractivity contribution in [2.75, 3.05) is 6.54 Å². The molecule has 1 rings (SSSR count). The van der Waals surface area contributed by atoms with Crippen LogP contribution in [0.15, 0.2) is 0 Å². The van der Waals surface area contributed by atoms with E-state index in [0.29, 0.717) is 6.54 Å². The minimum absolute atomic E-state index is 0.111. The van der Waals surface area contributed by atoms with Crippen molar-refractivity contribution >= 4 is 11.9 Å². The van der Waals surface area contributed by atoms with Gasteiger partial charge in [0.25, 0.3) is 0 Å². The van der Waals surface area contributed by atoms with E-state index in [1.54, 1.807) is 13.8 Å². The lowest BCUT2D eigenvalue weighted by molar-refractivity contribution is -0.144. The summed E-state index contributed by atoms with van der Waals surface area (Å²) in [6, 6.07) is -0.804. The van der Waals surface area contributed by atoms with Gasteiger partial charge in [-0.1, -0.05) is 20.3 Å². The number of aliphatic carboxylic acids is 1. The van der Waals surface area contributed by atoms with Crippen molar-refractivity contribution < 1.29 is 14.7 Å². The Labute approximate surface area is 102 Å². The molecule has 0 heterocycles. The summed E-state index contributed by atoms with van der Waals surface area (Å²) < 4.78 is 0. The molecular weight excluding hydrogens is 220 g/mol. The fourth-order valence-electron chi connectivity index (χ4n) is 2.44. The number of carboxylic acid groups (broad SMARTS) is 1. The Morgan fingerprint density at radius 3 is 2.53 bits per heavy atom. The molecular formula is C12H22N2O3. The maximum atomic E-state index is 12.0. The molecule has 0 bridgehead atoms. The topological polar surface area (TPSA) is 92.4 Å². The van der Waals surface area contributed by atoms with Crippen LogP contribution in [0.4, 0.5) is 0 Å². The van der Waals surface area contributed by atoms with Gasteiger partial charge in [0.2, 0.25) is 5.91 Å². The number of nitrogens with one attached hydrogen (secondary N) is 1. The second-order valence-corrected chi connectivity index (χ2v) is 5.10. The molecule has 98 valence electrons. The minimum Gasteiger partial charge on any atom is -0.480 e. The molecule has 1 aliphatic carbocycles. The molecule has 1 saturated carbocycles. The van der Waals surface area contributed by atoms with Gasteiger partial charge in [-0.15, -0.1) is 0 Å². The average Bonchev–Trinajstić information content (AvgIpc) is 2.72. The zero-order chi connectivity index (χ0) is 13.0. The second kappa shape index (κ2) is 6.00. The number of hydrogen-bond acceptors (Lipinski definition) is 3. The van der Waals surface area contributed by atoms with Crippen molar-refractivity contribution in [1.29, 1.82) is 0 Å². The molecule has 0 saturated heterocycles. The van der Waals surface area contributed by atoms with Crippen LogP contribution < -0.4 is 11.1 Å². The second-order valence-electron chi connectivity index (χ2n) is 5.10. The van der Waals surface area contributed by atoms with Crippen LogP contribution in [0.3, 0.4) is 0 Å². The van der Waals surface area contributed by atoms with Gasteiger partial charge in [-0.25, -0.2) is 4.79 Å². The fraction of sp³-hybridized carbons (Fsp3) is 0.833. The van der Waals surface area contributed by atoms with Gasteiger partial charge in [0, 0.05) is 5.92 Å². The van der Waals surface area contributed by atoms with Crippen molar-refractivity contribution in [3.05, 3.63) is 0 Å². The van der Waals surface area contributed by atoms with Gasteiger partial charge >= 0.3 is 5.97 Å². The Morgan fingerprint density at radius 2 is 2.06 bits per heavy atom. The standard InChI is InChI=1S/C12H22N2O3/c1-7(2)10(12(16)17)14-11(15)9-5-3-4-8(9)6-13/h7-10H,3-6,13H2,1-2H3,(H,14,15)(H,16,17). The highest BCUT2D eigenvalue weighted by Crippen LogP contribution is 2.31. The molecule has 0 aromatic heterocycles. The lowest BCUT2D eigenvalue weighted by atomic mass is 9.94.